The van der Waals surface area contributed by atoms with Crippen LogP contribution in [0.25, 0.3) is 0 Å². The fraction of sp³-hybridized carbons (Fsp3) is 0.300. The fourth-order valence-corrected chi connectivity index (χ4v) is 3.25. The van der Waals surface area contributed by atoms with E-state index in [9.17, 15) is 9.59 Å². The van der Waals surface area contributed by atoms with E-state index in [0.717, 1.165) is 16.9 Å². The molecule has 1 fully saturated rings. The van der Waals surface area contributed by atoms with E-state index in [2.05, 4.69) is 5.32 Å². The van der Waals surface area contributed by atoms with Crippen molar-refractivity contribution in [3.05, 3.63) is 47.5 Å². The number of nitrogens with zero attached hydrogens (tertiary/aromatic N) is 1. The molecular formula is C20H20N2O4. The van der Waals surface area contributed by atoms with Crippen LogP contribution in [0, 0.1) is 19.8 Å². The van der Waals surface area contributed by atoms with Crippen LogP contribution < -0.4 is 19.7 Å². The van der Waals surface area contributed by atoms with Crippen LogP contribution in [-0.4, -0.2) is 25.2 Å². The molecule has 1 N–H and O–H groups in total. The Labute approximate surface area is 151 Å². The Balaban J connectivity index is 1.47. The summed E-state index contributed by atoms with van der Waals surface area (Å²) in [5.74, 6) is 0.714. The van der Waals surface area contributed by atoms with Gasteiger partial charge >= 0.3 is 0 Å². The highest BCUT2D eigenvalue weighted by atomic mass is 16.7. The molecule has 134 valence electrons. The number of carbonyl (C=O) groups excluding carboxylic acids is 2. The number of fused-ring (bicyclic) bond motifs is 1. The van der Waals surface area contributed by atoms with Crippen molar-refractivity contribution in [2.24, 2.45) is 5.92 Å². The molecule has 2 amide bonds. The topological polar surface area (TPSA) is 67.9 Å². The SMILES string of the molecule is Cc1ccc(NC(=O)C2CC(=O)N(c3ccc4c(c3)OCO4)C2)cc1C. The molecule has 2 aromatic carbocycles. The maximum Gasteiger partial charge on any atom is 0.231 e. The molecule has 0 radical (unpaired) electrons. The summed E-state index contributed by atoms with van der Waals surface area (Å²) >= 11 is 0. The molecule has 1 unspecified atom stereocenters. The predicted molar refractivity (Wildman–Crippen MR) is 97.6 cm³/mol. The number of hydrogen-bond acceptors (Lipinski definition) is 4. The minimum atomic E-state index is -0.380. The third kappa shape index (κ3) is 2.98. The Bertz CT molecular complexity index is 893. The molecule has 0 saturated carbocycles. The summed E-state index contributed by atoms with van der Waals surface area (Å²) in [6, 6.07) is 11.2. The molecule has 0 bridgehead atoms. The Morgan fingerprint density at radius 1 is 1.08 bits per heavy atom. The molecular weight excluding hydrogens is 332 g/mol. The molecule has 6 nitrogen and oxygen atoms in total. The third-order valence-corrected chi connectivity index (χ3v) is 4.94. The van der Waals surface area contributed by atoms with Crippen molar-refractivity contribution in [1.29, 1.82) is 0 Å². The summed E-state index contributed by atoms with van der Waals surface area (Å²) in [4.78, 5) is 26.6. The first-order valence-corrected chi connectivity index (χ1v) is 8.59. The summed E-state index contributed by atoms with van der Waals surface area (Å²) in [5, 5.41) is 2.92. The Morgan fingerprint density at radius 3 is 2.69 bits per heavy atom. The molecule has 2 aliphatic heterocycles. The van der Waals surface area contributed by atoms with Gasteiger partial charge in [0.05, 0.1) is 5.92 Å². The maximum absolute atomic E-state index is 12.6. The van der Waals surface area contributed by atoms with Gasteiger partial charge in [-0.15, -0.1) is 0 Å². The van der Waals surface area contributed by atoms with Crippen LogP contribution in [0.1, 0.15) is 17.5 Å². The van der Waals surface area contributed by atoms with E-state index >= 15 is 0 Å². The van der Waals surface area contributed by atoms with Gasteiger partial charge in [-0.05, 0) is 49.2 Å². The number of hydrogen-bond donors (Lipinski definition) is 1. The van der Waals surface area contributed by atoms with Gasteiger partial charge in [0.1, 0.15) is 0 Å². The number of aryl methyl sites for hydroxylation is 2. The Hall–Kier alpha value is -3.02. The van der Waals surface area contributed by atoms with Gasteiger partial charge in [-0.1, -0.05) is 6.07 Å². The molecule has 2 aliphatic rings. The zero-order valence-electron chi connectivity index (χ0n) is 14.7. The lowest BCUT2D eigenvalue weighted by atomic mass is 10.1. The van der Waals surface area contributed by atoms with Gasteiger partial charge in [-0.25, -0.2) is 0 Å². The number of rotatable bonds is 3. The van der Waals surface area contributed by atoms with Gasteiger partial charge in [-0.2, -0.15) is 0 Å². The van der Waals surface area contributed by atoms with E-state index < -0.39 is 0 Å². The first-order valence-electron chi connectivity index (χ1n) is 8.59. The number of anilines is 2. The molecule has 0 aliphatic carbocycles. The Kier molecular flexibility index (Phi) is 4.03. The summed E-state index contributed by atoms with van der Waals surface area (Å²) in [6.07, 6.45) is 0.200. The molecule has 2 aromatic rings. The minimum absolute atomic E-state index is 0.0656. The molecule has 1 atom stereocenters. The highest BCUT2D eigenvalue weighted by molar-refractivity contribution is 6.03. The van der Waals surface area contributed by atoms with Crippen molar-refractivity contribution in [3.8, 4) is 11.5 Å². The number of amides is 2. The van der Waals surface area contributed by atoms with E-state index in [0.29, 0.717) is 18.0 Å². The zero-order chi connectivity index (χ0) is 18.3. The van der Waals surface area contributed by atoms with Crippen LogP contribution in [0.3, 0.4) is 0 Å². The van der Waals surface area contributed by atoms with Gasteiger partial charge in [-0.3, -0.25) is 9.59 Å². The van der Waals surface area contributed by atoms with Crippen molar-refractivity contribution >= 4 is 23.2 Å². The second kappa shape index (κ2) is 6.37. The lowest BCUT2D eigenvalue weighted by Gasteiger charge is -2.17. The van der Waals surface area contributed by atoms with Crippen LogP contribution >= 0.6 is 0 Å². The van der Waals surface area contributed by atoms with E-state index in [1.54, 1.807) is 17.0 Å². The quantitative estimate of drug-likeness (QED) is 0.922. The van der Waals surface area contributed by atoms with E-state index in [1.807, 2.05) is 38.1 Å². The summed E-state index contributed by atoms with van der Waals surface area (Å²) in [5.41, 5.74) is 3.77. The van der Waals surface area contributed by atoms with Crippen molar-refractivity contribution in [1.82, 2.24) is 0 Å². The van der Waals surface area contributed by atoms with Gasteiger partial charge < -0.3 is 19.7 Å². The second-order valence-electron chi connectivity index (χ2n) is 6.73. The van der Waals surface area contributed by atoms with Gasteiger partial charge in [0.2, 0.25) is 18.6 Å². The van der Waals surface area contributed by atoms with Gasteiger partial charge in [0.15, 0.2) is 11.5 Å². The number of nitrogens with one attached hydrogen (secondary N) is 1. The fourth-order valence-electron chi connectivity index (χ4n) is 3.25. The third-order valence-electron chi connectivity index (χ3n) is 4.94. The molecule has 4 rings (SSSR count). The molecule has 0 aromatic heterocycles. The van der Waals surface area contributed by atoms with Crippen LogP contribution in [0.4, 0.5) is 11.4 Å². The summed E-state index contributed by atoms with van der Waals surface area (Å²) in [7, 11) is 0. The molecule has 26 heavy (non-hydrogen) atoms. The maximum atomic E-state index is 12.6. The van der Waals surface area contributed by atoms with E-state index in [1.165, 1.54) is 5.56 Å². The summed E-state index contributed by atoms with van der Waals surface area (Å²) < 4.78 is 10.7. The zero-order valence-corrected chi connectivity index (χ0v) is 14.7. The number of benzene rings is 2. The minimum Gasteiger partial charge on any atom is -0.454 e. The van der Waals surface area contributed by atoms with Crippen molar-refractivity contribution in [2.45, 2.75) is 20.3 Å². The van der Waals surface area contributed by atoms with Crippen LogP contribution in [0.2, 0.25) is 0 Å². The standard InChI is InChI=1S/C20H20N2O4/c1-12-3-4-15(7-13(12)2)21-20(24)14-8-19(23)22(10-14)16-5-6-17-18(9-16)26-11-25-17/h3-7,9,14H,8,10-11H2,1-2H3,(H,21,24). The highest BCUT2D eigenvalue weighted by Gasteiger charge is 2.35. The van der Waals surface area contributed by atoms with Crippen LogP contribution in [-0.2, 0) is 9.59 Å². The molecule has 6 heteroatoms. The van der Waals surface area contributed by atoms with Gasteiger partial charge in [0.25, 0.3) is 0 Å². The average Bonchev–Trinajstić information content (AvgIpc) is 3.23. The lowest BCUT2D eigenvalue weighted by molar-refractivity contribution is -0.122. The van der Waals surface area contributed by atoms with Crippen LogP contribution in [0.5, 0.6) is 11.5 Å². The largest absolute Gasteiger partial charge is 0.454 e. The highest BCUT2D eigenvalue weighted by Crippen LogP contribution is 2.37. The first-order chi connectivity index (χ1) is 12.5. The monoisotopic (exact) mass is 352 g/mol. The first kappa shape index (κ1) is 16.4. The van der Waals surface area contributed by atoms with Crippen molar-refractivity contribution in [2.75, 3.05) is 23.6 Å². The number of carbonyl (C=O) groups is 2. The van der Waals surface area contributed by atoms with Crippen LogP contribution in [0.15, 0.2) is 36.4 Å². The molecule has 2 heterocycles. The van der Waals surface area contributed by atoms with E-state index in [-0.39, 0.29) is 30.9 Å². The van der Waals surface area contributed by atoms with E-state index in [4.69, 9.17) is 9.47 Å². The summed E-state index contributed by atoms with van der Waals surface area (Å²) in [6.45, 7) is 4.58. The van der Waals surface area contributed by atoms with Crippen molar-refractivity contribution < 1.29 is 19.1 Å². The van der Waals surface area contributed by atoms with Gasteiger partial charge in [0, 0.05) is 30.4 Å². The lowest BCUT2D eigenvalue weighted by Crippen LogP contribution is -2.28. The Morgan fingerprint density at radius 2 is 1.88 bits per heavy atom. The predicted octanol–water partition coefficient (Wildman–Crippen LogP) is 3.02. The smallest absolute Gasteiger partial charge is 0.231 e. The number of ether oxygens (including phenoxy) is 2. The average molecular weight is 352 g/mol. The van der Waals surface area contributed by atoms with Crippen molar-refractivity contribution in [3.63, 3.8) is 0 Å². The second-order valence-corrected chi connectivity index (χ2v) is 6.73. The molecule has 1 saturated heterocycles. The molecule has 0 spiro atoms. The normalized spacial score (nSPS) is 18.3.